The molecule has 6 nitrogen and oxygen atoms in total. The molecule has 142 valence electrons. The first-order chi connectivity index (χ1) is 13.0. The molecule has 1 saturated heterocycles. The number of piperazine rings is 1. The van der Waals surface area contributed by atoms with Crippen LogP contribution in [0.4, 0.5) is 4.79 Å². The van der Waals surface area contributed by atoms with Crippen LogP contribution in [-0.4, -0.2) is 49.9 Å². The maximum Gasteiger partial charge on any atom is 0.415 e. The van der Waals surface area contributed by atoms with Gasteiger partial charge in [0.15, 0.2) is 0 Å². The minimum atomic E-state index is -3.54. The van der Waals surface area contributed by atoms with Crippen molar-refractivity contribution in [2.75, 3.05) is 26.2 Å². The minimum absolute atomic E-state index is 0.267. The Morgan fingerprint density at radius 2 is 1.59 bits per heavy atom. The second kappa shape index (κ2) is 7.32. The van der Waals surface area contributed by atoms with Gasteiger partial charge in [0, 0.05) is 26.2 Å². The summed E-state index contributed by atoms with van der Waals surface area (Å²) in [6.07, 6.45) is 2.60. The first-order valence-corrected chi connectivity index (χ1v) is 10.6. The van der Waals surface area contributed by atoms with E-state index >= 15 is 0 Å². The van der Waals surface area contributed by atoms with E-state index in [0.29, 0.717) is 23.7 Å². The lowest BCUT2D eigenvalue weighted by molar-refractivity contribution is 0.132. The molecule has 0 aromatic heterocycles. The highest BCUT2D eigenvalue weighted by atomic mass is 32.2. The molecule has 4 rings (SSSR count). The highest BCUT2D eigenvalue weighted by Gasteiger charge is 2.31. The summed E-state index contributed by atoms with van der Waals surface area (Å²) in [6, 6.07) is 14.3. The Kier molecular flexibility index (Phi) is 4.88. The molecule has 1 amide bonds. The molecule has 27 heavy (non-hydrogen) atoms. The standard InChI is InChI=1S/C20H22N2O4S/c23-20(26-18-7-2-1-3-8-18)21-11-13-22(14-12-21)27(24,25)19-10-9-16-5-4-6-17(16)15-19/h1-3,7-10,15H,4-6,11-14H2. The lowest BCUT2D eigenvalue weighted by Crippen LogP contribution is -2.51. The number of ether oxygens (including phenoxy) is 1. The SMILES string of the molecule is O=C(Oc1ccccc1)N1CCN(S(=O)(=O)c2ccc3c(c2)CCC3)CC1. The molecule has 7 heteroatoms. The number of para-hydroxylation sites is 1. The summed E-state index contributed by atoms with van der Waals surface area (Å²) in [5.41, 5.74) is 2.39. The molecular weight excluding hydrogens is 364 g/mol. The van der Waals surface area contributed by atoms with Gasteiger partial charge in [-0.25, -0.2) is 13.2 Å². The van der Waals surface area contributed by atoms with E-state index in [2.05, 4.69) is 0 Å². The summed E-state index contributed by atoms with van der Waals surface area (Å²) in [4.78, 5) is 14.2. The predicted molar refractivity (Wildman–Crippen MR) is 101 cm³/mol. The van der Waals surface area contributed by atoms with Gasteiger partial charge in [-0.2, -0.15) is 4.31 Å². The van der Waals surface area contributed by atoms with Gasteiger partial charge in [-0.15, -0.1) is 0 Å². The summed E-state index contributed by atoms with van der Waals surface area (Å²) in [5, 5.41) is 0. The van der Waals surface area contributed by atoms with Gasteiger partial charge < -0.3 is 9.64 Å². The Hall–Kier alpha value is -2.38. The molecule has 1 heterocycles. The van der Waals surface area contributed by atoms with E-state index in [-0.39, 0.29) is 13.1 Å². The highest BCUT2D eigenvalue weighted by molar-refractivity contribution is 7.89. The number of fused-ring (bicyclic) bond motifs is 1. The fourth-order valence-corrected chi connectivity index (χ4v) is 5.10. The number of aryl methyl sites for hydroxylation is 2. The van der Waals surface area contributed by atoms with Gasteiger partial charge in [0.2, 0.25) is 10.0 Å². The molecule has 0 bridgehead atoms. The first-order valence-electron chi connectivity index (χ1n) is 9.18. The molecular formula is C20H22N2O4S. The van der Waals surface area contributed by atoms with Crippen molar-refractivity contribution in [2.45, 2.75) is 24.2 Å². The largest absolute Gasteiger partial charge is 0.415 e. The maximum absolute atomic E-state index is 12.9. The van der Waals surface area contributed by atoms with Crippen LogP contribution < -0.4 is 4.74 Å². The lowest BCUT2D eigenvalue weighted by Gasteiger charge is -2.33. The van der Waals surface area contributed by atoms with Crippen LogP contribution in [0.2, 0.25) is 0 Å². The number of carbonyl (C=O) groups excluding carboxylic acids is 1. The molecule has 0 radical (unpaired) electrons. The number of carbonyl (C=O) groups is 1. The van der Waals surface area contributed by atoms with Crippen molar-refractivity contribution in [3.05, 3.63) is 59.7 Å². The van der Waals surface area contributed by atoms with E-state index in [1.54, 1.807) is 35.2 Å². The predicted octanol–water partition coefficient (Wildman–Crippen LogP) is 2.68. The minimum Gasteiger partial charge on any atom is -0.410 e. The Morgan fingerprint density at radius 1 is 0.889 bits per heavy atom. The van der Waals surface area contributed by atoms with Gasteiger partial charge in [-0.1, -0.05) is 24.3 Å². The average molecular weight is 386 g/mol. The quantitative estimate of drug-likeness (QED) is 0.813. The number of sulfonamides is 1. The number of hydrogen-bond donors (Lipinski definition) is 0. The Labute approximate surface area is 159 Å². The van der Waals surface area contributed by atoms with Crippen molar-refractivity contribution in [3.8, 4) is 5.75 Å². The first kappa shape index (κ1) is 18.0. The van der Waals surface area contributed by atoms with Crippen molar-refractivity contribution in [3.63, 3.8) is 0 Å². The molecule has 0 saturated carbocycles. The van der Waals surface area contributed by atoms with Crippen molar-refractivity contribution < 1.29 is 17.9 Å². The Bertz CT molecular complexity index is 936. The maximum atomic E-state index is 12.9. The van der Waals surface area contributed by atoms with Crippen LogP contribution >= 0.6 is 0 Å². The van der Waals surface area contributed by atoms with Gasteiger partial charge in [-0.3, -0.25) is 0 Å². The van der Waals surface area contributed by atoms with Crippen molar-refractivity contribution in [2.24, 2.45) is 0 Å². The fraction of sp³-hybridized carbons (Fsp3) is 0.350. The van der Waals surface area contributed by atoms with Gasteiger partial charge in [0.05, 0.1) is 4.90 Å². The smallest absolute Gasteiger partial charge is 0.410 e. The number of amides is 1. The normalized spacial score (nSPS) is 17.6. The van der Waals surface area contributed by atoms with Gasteiger partial charge in [-0.05, 0) is 54.7 Å². The highest BCUT2D eigenvalue weighted by Crippen LogP contribution is 2.26. The number of nitrogens with zero attached hydrogens (tertiary/aromatic N) is 2. The summed E-state index contributed by atoms with van der Waals surface area (Å²) in [7, 11) is -3.54. The molecule has 0 unspecified atom stereocenters. The summed E-state index contributed by atoms with van der Waals surface area (Å²) in [6.45, 7) is 1.16. The zero-order valence-electron chi connectivity index (χ0n) is 15.0. The van der Waals surface area contributed by atoms with Crippen LogP contribution in [0.5, 0.6) is 5.75 Å². The Balaban J connectivity index is 1.40. The van der Waals surface area contributed by atoms with Crippen molar-refractivity contribution in [1.29, 1.82) is 0 Å². The molecule has 0 spiro atoms. The summed E-state index contributed by atoms with van der Waals surface area (Å²) < 4.78 is 32.7. The van der Waals surface area contributed by atoms with Gasteiger partial charge in [0.1, 0.15) is 5.75 Å². The second-order valence-corrected chi connectivity index (χ2v) is 8.79. The molecule has 0 N–H and O–H groups in total. The third kappa shape index (κ3) is 3.70. The zero-order chi connectivity index (χ0) is 18.9. The third-order valence-corrected chi connectivity index (χ3v) is 7.05. The lowest BCUT2D eigenvalue weighted by atomic mass is 10.1. The number of rotatable bonds is 3. The van der Waals surface area contributed by atoms with Crippen LogP contribution in [-0.2, 0) is 22.9 Å². The van der Waals surface area contributed by atoms with E-state index in [1.807, 2.05) is 18.2 Å². The van der Waals surface area contributed by atoms with Crippen molar-refractivity contribution >= 4 is 16.1 Å². The van der Waals surface area contributed by atoms with E-state index in [1.165, 1.54) is 9.87 Å². The Morgan fingerprint density at radius 3 is 2.33 bits per heavy atom. The fourth-order valence-electron chi connectivity index (χ4n) is 3.62. The summed E-state index contributed by atoms with van der Waals surface area (Å²) in [5.74, 6) is 0.482. The zero-order valence-corrected chi connectivity index (χ0v) is 15.8. The molecule has 1 fully saturated rings. The molecule has 1 aliphatic carbocycles. The van der Waals surface area contributed by atoms with Crippen LogP contribution in [0.25, 0.3) is 0 Å². The van der Waals surface area contributed by atoms with Crippen molar-refractivity contribution in [1.82, 2.24) is 9.21 Å². The van der Waals surface area contributed by atoms with Crippen LogP contribution in [0.15, 0.2) is 53.4 Å². The number of hydrogen-bond acceptors (Lipinski definition) is 4. The number of benzene rings is 2. The van der Waals surface area contributed by atoms with E-state index in [4.69, 9.17) is 4.74 Å². The van der Waals surface area contributed by atoms with Gasteiger partial charge >= 0.3 is 6.09 Å². The second-order valence-electron chi connectivity index (χ2n) is 6.86. The molecule has 2 aromatic carbocycles. The summed E-state index contributed by atoms with van der Waals surface area (Å²) >= 11 is 0. The van der Waals surface area contributed by atoms with E-state index < -0.39 is 16.1 Å². The van der Waals surface area contributed by atoms with Gasteiger partial charge in [0.25, 0.3) is 0 Å². The van der Waals surface area contributed by atoms with E-state index in [0.717, 1.165) is 24.8 Å². The van der Waals surface area contributed by atoms with E-state index in [9.17, 15) is 13.2 Å². The molecule has 2 aliphatic rings. The molecule has 2 aromatic rings. The van der Waals surface area contributed by atoms with Crippen LogP contribution in [0.3, 0.4) is 0 Å². The topological polar surface area (TPSA) is 66.9 Å². The van der Waals surface area contributed by atoms with Crippen LogP contribution in [0, 0.1) is 0 Å². The van der Waals surface area contributed by atoms with Crippen LogP contribution in [0.1, 0.15) is 17.5 Å². The third-order valence-electron chi connectivity index (χ3n) is 5.15. The average Bonchev–Trinajstić information content (AvgIpc) is 3.17. The monoisotopic (exact) mass is 386 g/mol. The molecule has 1 aliphatic heterocycles. The molecule has 0 atom stereocenters.